The molecule has 2 rings (SSSR count). The summed E-state index contributed by atoms with van der Waals surface area (Å²) in [6.07, 6.45) is 1.46. The number of hydrogen-bond donors (Lipinski definition) is 1. The normalized spacial score (nSPS) is 19.7. The molecular weight excluding hydrogens is 294 g/mol. The van der Waals surface area contributed by atoms with Gasteiger partial charge in [0.15, 0.2) is 5.78 Å². The van der Waals surface area contributed by atoms with Gasteiger partial charge in [-0.05, 0) is 25.8 Å². The molecule has 1 fully saturated rings. The van der Waals surface area contributed by atoms with Crippen molar-refractivity contribution in [3.63, 3.8) is 0 Å². The van der Waals surface area contributed by atoms with Crippen LogP contribution in [0, 0.1) is 0 Å². The first-order chi connectivity index (χ1) is 8.48. The molecule has 18 heavy (non-hydrogen) atoms. The standard InChI is InChI=1S/C14H18BrNO2/c1-14(18)6-8-16(9-7-14)10-13(17)11-4-2-3-5-12(11)15/h2-5,18H,6-10H2,1H3. The number of piperidine rings is 1. The minimum Gasteiger partial charge on any atom is -0.390 e. The van der Waals surface area contributed by atoms with Gasteiger partial charge >= 0.3 is 0 Å². The van der Waals surface area contributed by atoms with Gasteiger partial charge in [-0.2, -0.15) is 0 Å². The Morgan fingerprint density at radius 2 is 2.00 bits per heavy atom. The number of rotatable bonds is 3. The molecule has 0 amide bonds. The maximum absolute atomic E-state index is 12.2. The van der Waals surface area contributed by atoms with Crippen LogP contribution in [0.3, 0.4) is 0 Å². The smallest absolute Gasteiger partial charge is 0.177 e. The number of aliphatic hydroxyl groups is 1. The Kier molecular flexibility index (Phi) is 4.20. The van der Waals surface area contributed by atoms with Crippen molar-refractivity contribution in [2.75, 3.05) is 19.6 Å². The maximum Gasteiger partial charge on any atom is 0.177 e. The van der Waals surface area contributed by atoms with Crippen molar-refractivity contribution in [2.45, 2.75) is 25.4 Å². The number of benzene rings is 1. The van der Waals surface area contributed by atoms with Crippen LogP contribution < -0.4 is 0 Å². The van der Waals surface area contributed by atoms with Gasteiger partial charge in [-0.25, -0.2) is 0 Å². The van der Waals surface area contributed by atoms with E-state index in [1.54, 1.807) is 0 Å². The average molecular weight is 312 g/mol. The van der Waals surface area contributed by atoms with Crippen LogP contribution in [-0.4, -0.2) is 41.0 Å². The van der Waals surface area contributed by atoms with E-state index in [1.165, 1.54) is 0 Å². The maximum atomic E-state index is 12.2. The van der Waals surface area contributed by atoms with Gasteiger partial charge < -0.3 is 5.11 Å². The molecule has 0 aliphatic carbocycles. The van der Waals surface area contributed by atoms with Crippen LogP contribution >= 0.6 is 15.9 Å². The fourth-order valence-corrected chi connectivity index (χ4v) is 2.67. The molecule has 0 bridgehead atoms. The van der Waals surface area contributed by atoms with Gasteiger partial charge in [-0.3, -0.25) is 9.69 Å². The van der Waals surface area contributed by atoms with Crippen LogP contribution in [0.5, 0.6) is 0 Å². The highest BCUT2D eigenvalue weighted by Gasteiger charge is 2.28. The molecule has 3 nitrogen and oxygen atoms in total. The second-order valence-corrected chi connectivity index (χ2v) is 6.03. The number of Topliss-reactive ketones (excluding diaryl/α,β-unsaturated/α-hetero) is 1. The number of nitrogens with zero attached hydrogens (tertiary/aromatic N) is 1. The molecule has 1 N–H and O–H groups in total. The quantitative estimate of drug-likeness (QED) is 0.872. The summed E-state index contributed by atoms with van der Waals surface area (Å²) >= 11 is 3.40. The molecule has 1 aromatic rings. The van der Waals surface area contributed by atoms with E-state index in [0.29, 0.717) is 6.54 Å². The minimum atomic E-state index is -0.563. The summed E-state index contributed by atoms with van der Waals surface area (Å²) in [4.78, 5) is 14.3. The topological polar surface area (TPSA) is 40.5 Å². The number of ketones is 1. The first kappa shape index (κ1) is 13.7. The highest BCUT2D eigenvalue weighted by Crippen LogP contribution is 2.22. The van der Waals surface area contributed by atoms with Crippen LogP contribution in [0.25, 0.3) is 0 Å². The van der Waals surface area contributed by atoms with Gasteiger partial charge in [0.2, 0.25) is 0 Å². The third-order valence-electron chi connectivity index (χ3n) is 3.47. The summed E-state index contributed by atoms with van der Waals surface area (Å²) in [6, 6.07) is 7.50. The predicted molar refractivity (Wildman–Crippen MR) is 74.8 cm³/mol. The van der Waals surface area contributed by atoms with Crippen molar-refractivity contribution < 1.29 is 9.90 Å². The average Bonchev–Trinajstić information content (AvgIpc) is 2.32. The molecule has 1 aromatic carbocycles. The van der Waals surface area contributed by atoms with Gasteiger partial charge in [-0.15, -0.1) is 0 Å². The molecule has 0 saturated carbocycles. The Bertz CT molecular complexity index is 435. The molecule has 0 aromatic heterocycles. The zero-order valence-corrected chi connectivity index (χ0v) is 12.1. The lowest BCUT2D eigenvalue weighted by Gasteiger charge is -2.35. The lowest BCUT2D eigenvalue weighted by molar-refractivity contribution is -0.00420. The Morgan fingerprint density at radius 3 is 2.61 bits per heavy atom. The van der Waals surface area contributed by atoms with Crippen molar-refractivity contribution in [1.82, 2.24) is 4.90 Å². The number of likely N-dealkylation sites (tertiary alicyclic amines) is 1. The first-order valence-electron chi connectivity index (χ1n) is 6.20. The molecule has 0 spiro atoms. The van der Waals surface area contributed by atoms with E-state index in [2.05, 4.69) is 20.8 Å². The fourth-order valence-electron chi connectivity index (χ4n) is 2.17. The molecule has 1 aliphatic heterocycles. The van der Waals surface area contributed by atoms with Gasteiger partial charge in [0.25, 0.3) is 0 Å². The third-order valence-corrected chi connectivity index (χ3v) is 4.17. The lowest BCUT2D eigenvalue weighted by atomic mass is 9.93. The largest absolute Gasteiger partial charge is 0.390 e. The zero-order chi connectivity index (χ0) is 13.2. The summed E-state index contributed by atoms with van der Waals surface area (Å²) in [5.41, 5.74) is 0.169. The summed E-state index contributed by atoms with van der Waals surface area (Å²) in [5.74, 6) is 0.129. The monoisotopic (exact) mass is 311 g/mol. The van der Waals surface area contributed by atoms with Crippen LogP contribution in [-0.2, 0) is 0 Å². The van der Waals surface area contributed by atoms with E-state index in [4.69, 9.17) is 0 Å². The summed E-state index contributed by atoms with van der Waals surface area (Å²) < 4.78 is 0.846. The van der Waals surface area contributed by atoms with Gasteiger partial charge in [0, 0.05) is 23.1 Å². The van der Waals surface area contributed by atoms with Crippen LogP contribution in [0.1, 0.15) is 30.1 Å². The predicted octanol–water partition coefficient (Wildman–Crippen LogP) is 2.48. The summed E-state index contributed by atoms with van der Waals surface area (Å²) in [7, 11) is 0. The Hall–Kier alpha value is -0.710. The molecule has 0 atom stereocenters. The highest BCUT2D eigenvalue weighted by atomic mass is 79.9. The lowest BCUT2D eigenvalue weighted by Crippen LogP contribution is -2.44. The van der Waals surface area contributed by atoms with E-state index in [9.17, 15) is 9.90 Å². The van der Waals surface area contributed by atoms with Crippen molar-refractivity contribution in [3.8, 4) is 0 Å². The number of carbonyl (C=O) groups excluding carboxylic acids is 1. The highest BCUT2D eigenvalue weighted by molar-refractivity contribution is 9.10. The summed E-state index contributed by atoms with van der Waals surface area (Å²) in [5, 5.41) is 9.87. The van der Waals surface area contributed by atoms with Crippen LogP contribution in [0.4, 0.5) is 0 Å². The van der Waals surface area contributed by atoms with Gasteiger partial charge in [0.1, 0.15) is 0 Å². The molecule has 1 heterocycles. The molecule has 1 saturated heterocycles. The Balaban J connectivity index is 1.95. The van der Waals surface area contributed by atoms with E-state index in [-0.39, 0.29) is 5.78 Å². The van der Waals surface area contributed by atoms with Crippen molar-refractivity contribution in [3.05, 3.63) is 34.3 Å². The second-order valence-electron chi connectivity index (χ2n) is 5.18. The van der Waals surface area contributed by atoms with Crippen molar-refractivity contribution in [2.24, 2.45) is 0 Å². The molecular formula is C14H18BrNO2. The number of carbonyl (C=O) groups is 1. The molecule has 0 unspecified atom stereocenters. The minimum absolute atomic E-state index is 0.129. The molecule has 1 aliphatic rings. The van der Waals surface area contributed by atoms with Crippen LogP contribution in [0.2, 0.25) is 0 Å². The van der Waals surface area contributed by atoms with Crippen LogP contribution in [0.15, 0.2) is 28.7 Å². The zero-order valence-electron chi connectivity index (χ0n) is 10.5. The Labute approximate surface area is 116 Å². The van der Waals surface area contributed by atoms with E-state index < -0.39 is 5.60 Å². The molecule has 98 valence electrons. The van der Waals surface area contributed by atoms with E-state index >= 15 is 0 Å². The first-order valence-corrected chi connectivity index (χ1v) is 7.00. The Morgan fingerprint density at radius 1 is 1.39 bits per heavy atom. The fraction of sp³-hybridized carbons (Fsp3) is 0.500. The molecule has 0 radical (unpaired) electrons. The van der Waals surface area contributed by atoms with E-state index in [1.807, 2.05) is 31.2 Å². The van der Waals surface area contributed by atoms with Gasteiger partial charge in [-0.1, -0.05) is 34.1 Å². The summed E-state index contributed by atoms with van der Waals surface area (Å²) in [6.45, 7) is 3.85. The van der Waals surface area contributed by atoms with E-state index in [0.717, 1.165) is 36.0 Å². The van der Waals surface area contributed by atoms with Gasteiger partial charge in [0.05, 0.1) is 12.1 Å². The number of halogens is 1. The molecule has 4 heteroatoms. The van der Waals surface area contributed by atoms with Crippen molar-refractivity contribution >= 4 is 21.7 Å². The second kappa shape index (κ2) is 5.51. The third kappa shape index (κ3) is 3.40. The van der Waals surface area contributed by atoms with Crippen molar-refractivity contribution in [1.29, 1.82) is 0 Å². The SMILES string of the molecule is CC1(O)CCN(CC(=O)c2ccccc2Br)CC1. The number of hydrogen-bond acceptors (Lipinski definition) is 3.